The van der Waals surface area contributed by atoms with Gasteiger partial charge in [-0.05, 0) is 33.4 Å². The molecule has 0 heterocycles. The number of hydrogen-bond acceptors (Lipinski definition) is 3. The second-order valence-corrected chi connectivity index (χ2v) is 2.75. The Morgan fingerprint density at radius 2 is 1.93 bits per heavy atom. The van der Waals surface area contributed by atoms with Gasteiger partial charge < -0.3 is 10.1 Å². The number of nitrogens with one attached hydrogen (secondary N) is 1. The molecule has 1 N–H and O–H groups in total. The molecular weight excluding hydrogens is 178 g/mol. The normalized spacial score (nSPS) is 11.2. The van der Waals surface area contributed by atoms with Gasteiger partial charge in [0.1, 0.15) is 0 Å². The fraction of sp³-hybridized carbons (Fsp3) is 0.909. The van der Waals surface area contributed by atoms with Gasteiger partial charge in [0, 0.05) is 0 Å². The summed E-state index contributed by atoms with van der Waals surface area (Å²) >= 11 is 0. The van der Waals surface area contributed by atoms with Crippen LogP contribution in [0.5, 0.6) is 0 Å². The molecule has 0 aromatic heterocycles. The van der Waals surface area contributed by atoms with Crippen LogP contribution in [-0.2, 0) is 9.53 Å². The first-order valence-corrected chi connectivity index (χ1v) is 5.57. The van der Waals surface area contributed by atoms with Crippen LogP contribution in [0.4, 0.5) is 0 Å². The molecule has 3 nitrogen and oxygen atoms in total. The zero-order valence-corrected chi connectivity index (χ0v) is 10.2. The molecule has 0 saturated heterocycles. The van der Waals surface area contributed by atoms with Crippen LogP contribution in [0.25, 0.3) is 0 Å². The Bertz CT molecular complexity index is 126. The van der Waals surface area contributed by atoms with Gasteiger partial charge in [-0.2, -0.15) is 0 Å². The lowest BCUT2D eigenvalue weighted by Crippen LogP contribution is -2.21. The number of carbonyl (C=O) groups excluding carboxylic acids is 1. The third kappa shape index (κ3) is 8.05. The molecule has 86 valence electrons. The van der Waals surface area contributed by atoms with Crippen LogP contribution in [0.2, 0.25) is 0 Å². The Hall–Kier alpha value is -0.570. The molecular formula is C11H25NO2. The molecule has 14 heavy (non-hydrogen) atoms. The lowest BCUT2D eigenvalue weighted by molar-refractivity contribution is -0.148. The van der Waals surface area contributed by atoms with Crippen LogP contribution < -0.4 is 5.32 Å². The van der Waals surface area contributed by atoms with Gasteiger partial charge in [0.25, 0.3) is 0 Å². The quantitative estimate of drug-likeness (QED) is 0.673. The van der Waals surface area contributed by atoms with Crippen molar-refractivity contribution in [1.82, 2.24) is 5.32 Å². The van der Waals surface area contributed by atoms with Crippen molar-refractivity contribution < 1.29 is 9.53 Å². The molecule has 0 aliphatic heterocycles. The molecule has 0 spiro atoms. The Morgan fingerprint density at radius 1 is 1.36 bits per heavy atom. The molecule has 1 unspecified atom stereocenters. The molecule has 0 fully saturated rings. The Morgan fingerprint density at radius 3 is 2.29 bits per heavy atom. The third-order valence-corrected chi connectivity index (χ3v) is 1.86. The van der Waals surface area contributed by atoms with Crippen molar-refractivity contribution >= 4 is 5.97 Å². The predicted octanol–water partition coefficient (Wildman–Crippen LogP) is 2.21. The molecule has 3 heteroatoms. The summed E-state index contributed by atoms with van der Waals surface area (Å²) in [5.41, 5.74) is 0. The summed E-state index contributed by atoms with van der Waals surface area (Å²) in [6.07, 6.45) is 1.73. The van der Waals surface area contributed by atoms with E-state index in [2.05, 4.69) is 5.32 Å². The SMILES string of the molecule is CC.CCOC(=O)C(CC)CCNC. The number of rotatable bonds is 6. The Balaban J connectivity index is 0. The number of carbonyl (C=O) groups is 1. The lowest BCUT2D eigenvalue weighted by Gasteiger charge is -2.12. The summed E-state index contributed by atoms with van der Waals surface area (Å²) in [4.78, 5) is 11.2. The van der Waals surface area contributed by atoms with Gasteiger partial charge in [0.05, 0.1) is 12.5 Å². The van der Waals surface area contributed by atoms with Crippen LogP contribution in [-0.4, -0.2) is 26.2 Å². The third-order valence-electron chi connectivity index (χ3n) is 1.86. The molecule has 0 radical (unpaired) electrons. The van der Waals surface area contributed by atoms with Crippen molar-refractivity contribution in [3.8, 4) is 0 Å². The van der Waals surface area contributed by atoms with Crippen LogP contribution in [0.1, 0.15) is 40.5 Å². The number of esters is 1. The van der Waals surface area contributed by atoms with E-state index in [0.717, 1.165) is 19.4 Å². The zero-order chi connectivity index (χ0) is 11.4. The van der Waals surface area contributed by atoms with E-state index in [9.17, 15) is 4.79 Å². The van der Waals surface area contributed by atoms with E-state index in [1.54, 1.807) is 0 Å². The molecule has 0 aliphatic carbocycles. The first-order chi connectivity index (χ1) is 6.76. The summed E-state index contributed by atoms with van der Waals surface area (Å²) in [6.45, 7) is 9.20. The minimum Gasteiger partial charge on any atom is -0.466 e. The van der Waals surface area contributed by atoms with E-state index < -0.39 is 0 Å². The maximum atomic E-state index is 11.2. The van der Waals surface area contributed by atoms with Crippen LogP contribution in [0, 0.1) is 5.92 Å². The lowest BCUT2D eigenvalue weighted by atomic mass is 10.0. The summed E-state index contributed by atoms with van der Waals surface area (Å²) < 4.78 is 4.93. The highest BCUT2D eigenvalue weighted by molar-refractivity contribution is 5.72. The minimum atomic E-state index is -0.0600. The average molecular weight is 203 g/mol. The smallest absolute Gasteiger partial charge is 0.308 e. The van der Waals surface area contributed by atoms with E-state index in [4.69, 9.17) is 4.74 Å². The fourth-order valence-electron chi connectivity index (χ4n) is 1.07. The first-order valence-electron chi connectivity index (χ1n) is 5.57. The van der Waals surface area contributed by atoms with Gasteiger partial charge in [-0.15, -0.1) is 0 Å². The highest BCUT2D eigenvalue weighted by atomic mass is 16.5. The second kappa shape index (κ2) is 12.4. The summed E-state index contributed by atoms with van der Waals surface area (Å²) in [5, 5.41) is 3.02. The molecule has 0 aromatic rings. The summed E-state index contributed by atoms with van der Waals surface area (Å²) in [5.74, 6) is 0.00708. The van der Waals surface area contributed by atoms with E-state index in [1.165, 1.54) is 0 Å². The zero-order valence-electron chi connectivity index (χ0n) is 10.2. The van der Waals surface area contributed by atoms with Crippen molar-refractivity contribution in [3.63, 3.8) is 0 Å². The van der Waals surface area contributed by atoms with E-state index in [0.29, 0.717) is 6.61 Å². The molecule has 0 aliphatic rings. The highest BCUT2D eigenvalue weighted by Crippen LogP contribution is 2.09. The summed E-state index contributed by atoms with van der Waals surface area (Å²) in [6, 6.07) is 0. The average Bonchev–Trinajstić information content (AvgIpc) is 2.22. The van der Waals surface area contributed by atoms with Crippen LogP contribution in [0.3, 0.4) is 0 Å². The molecule has 1 atom stereocenters. The first kappa shape index (κ1) is 15.9. The standard InChI is InChI=1S/C9H19NO2.C2H6/c1-4-8(6-7-10-3)9(11)12-5-2;1-2/h8,10H,4-7H2,1-3H3;1-2H3. The van der Waals surface area contributed by atoms with Gasteiger partial charge in [0.2, 0.25) is 0 Å². The second-order valence-electron chi connectivity index (χ2n) is 2.75. The molecule has 0 rings (SSSR count). The molecule has 0 saturated carbocycles. The van der Waals surface area contributed by atoms with Crippen LogP contribution in [0.15, 0.2) is 0 Å². The fourth-order valence-corrected chi connectivity index (χ4v) is 1.07. The Labute approximate surface area is 88.2 Å². The van der Waals surface area contributed by atoms with Crippen LogP contribution >= 0.6 is 0 Å². The topological polar surface area (TPSA) is 38.3 Å². The van der Waals surface area contributed by atoms with E-state index >= 15 is 0 Å². The summed E-state index contributed by atoms with van der Waals surface area (Å²) in [7, 11) is 1.89. The molecule has 0 bridgehead atoms. The van der Waals surface area contributed by atoms with Gasteiger partial charge >= 0.3 is 5.97 Å². The van der Waals surface area contributed by atoms with Gasteiger partial charge in [-0.1, -0.05) is 20.8 Å². The van der Waals surface area contributed by atoms with Crippen molar-refractivity contribution in [2.45, 2.75) is 40.5 Å². The maximum absolute atomic E-state index is 11.2. The van der Waals surface area contributed by atoms with Crippen molar-refractivity contribution in [2.75, 3.05) is 20.2 Å². The van der Waals surface area contributed by atoms with Crippen molar-refractivity contribution in [1.29, 1.82) is 0 Å². The monoisotopic (exact) mass is 203 g/mol. The van der Waals surface area contributed by atoms with Gasteiger partial charge in [0.15, 0.2) is 0 Å². The highest BCUT2D eigenvalue weighted by Gasteiger charge is 2.16. The molecule has 0 amide bonds. The van der Waals surface area contributed by atoms with E-state index in [1.807, 2.05) is 34.7 Å². The maximum Gasteiger partial charge on any atom is 0.308 e. The van der Waals surface area contributed by atoms with Gasteiger partial charge in [-0.25, -0.2) is 0 Å². The largest absolute Gasteiger partial charge is 0.466 e. The minimum absolute atomic E-state index is 0.0600. The number of hydrogen-bond donors (Lipinski definition) is 1. The number of ether oxygens (including phenoxy) is 1. The van der Waals surface area contributed by atoms with E-state index in [-0.39, 0.29) is 11.9 Å². The molecule has 0 aromatic carbocycles. The van der Waals surface area contributed by atoms with Crippen molar-refractivity contribution in [3.05, 3.63) is 0 Å². The van der Waals surface area contributed by atoms with Gasteiger partial charge in [-0.3, -0.25) is 4.79 Å². The Kier molecular flexibility index (Phi) is 14.1. The van der Waals surface area contributed by atoms with Crippen molar-refractivity contribution in [2.24, 2.45) is 5.92 Å². The predicted molar refractivity (Wildman–Crippen MR) is 60.3 cm³/mol.